The molecule has 19 heavy (non-hydrogen) atoms. The molecule has 0 fully saturated rings. The lowest BCUT2D eigenvalue weighted by Crippen LogP contribution is -2.05. The SMILES string of the molecule is Cc1cc(Oc2ccc(Br)cc2)c(C(=O)O)c(C)n1. The number of carboxylic acids is 1. The second-order valence-corrected chi connectivity index (χ2v) is 5.00. The molecule has 0 radical (unpaired) electrons. The third kappa shape index (κ3) is 3.12. The van der Waals surface area contributed by atoms with Crippen molar-refractivity contribution < 1.29 is 14.6 Å². The molecule has 4 nitrogen and oxygen atoms in total. The molecule has 0 spiro atoms. The van der Waals surface area contributed by atoms with Gasteiger partial charge in [-0.15, -0.1) is 0 Å². The van der Waals surface area contributed by atoms with E-state index in [1.54, 1.807) is 32.0 Å². The Balaban J connectivity index is 2.44. The smallest absolute Gasteiger partial charge is 0.341 e. The first-order valence-electron chi connectivity index (χ1n) is 5.62. The first kappa shape index (κ1) is 13.5. The Morgan fingerprint density at radius 2 is 1.89 bits per heavy atom. The zero-order chi connectivity index (χ0) is 14.0. The molecular formula is C14H12BrNO3. The van der Waals surface area contributed by atoms with E-state index in [1.165, 1.54) is 0 Å². The number of pyridine rings is 1. The summed E-state index contributed by atoms with van der Waals surface area (Å²) in [7, 11) is 0. The van der Waals surface area contributed by atoms with Crippen molar-refractivity contribution in [2.24, 2.45) is 0 Å². The number of carboxylic acid groups (broad SMARTS) is 1. The molecular weight excluding hydrogens is 310 g/mol. The minimum absolute atomic E-state index is 0.0912. The Hall–Kier alpha value is -1.88. The van der Waals surface area contributed by atoms with Gasteiger partial charge in [0, 0.05) is 16.2 Å². The molecule has 0 saturated heterocycles. The summed E-state index contributed by atoms with van der Waals surface area (Å²) < 4.78 is 6.58. The molecule has 1 aromatic carbocycles. The van der Waals surface area contributed by atoms with Crippen LogP contribution < -0.4 is 4.74 Å². The number of carbonyl (C=O) groups is 1. The highest BCUT2D eigenvalue weighted by molar-refractivity contribution is 9.10. The Morgan fingerprint density at radius 1 is 1.26 bits per heavy atom. The maximum atomic E-state index is 11.3. The van der Waals surface area contributed by atoms with E-state index in [1.807, 2.05) is 12.1 Å². The summed E-state index contributed by atoms with van der Waals surface area (Å²) in [5, 5.41) is 9.23. The number of aromatic nitrogens is 1. The van der Waals surface area contributed by atoms with Gasteiger partial charge < -0.3 is 9.84 Å². The van der Waals surface area contributed by atoms with Gasteiger partial charge in [0.2, 0.25) is 0 Å². The van der Waals surface area contributed by atoms with Crippen LogP contribution in [0.1, 0.15) is 21.7 Å². The normalized spacial score (nSPS) is 10.3. The van der Waals surface area contributed by atoms with Crippen LogP contribution in [0.25, 0.3) is 0 Å². The van der Waals surface area contributed by atoms with Crippen LogP contribution >= 0.6 is 15.9 Å². The van der Waals surface area contributed by atoms with Gasteiger partial charge in [0.25, 0.3) is 0 Å². The van der Waals surface area contributed by atoms with Crippen molar-refractivity contribution in [2.45, 2.75) is 13.8 Å². The van der Waals surface area contributed by atoms with Gasteiger partial charge in [-0.1, -0.05) is 15.9 Å². The predicted molar refractivity (Wildman–Crippen MR) is 74.9 cm³/mol. The van der Waals surface area contributed by atoms with Crippen molar-refractivity contribution in [3.63, 3.8) is 0 Å². The standard InChI is InChI=1S/C14H12BrNO3/c1-8-7-12(13(14(17)18)9(2)16-8)19-11-5-3-10(15)4-6-11/h3-7H,1-2H3,(H,17,18). The average molecular weight is 322 g/mol. The monoisotopic (exact) mass is 321 g/mol. The Kier molecular flexibility index (Phi) is 3.85. The molecule has 1 heterocycles. The Bertz CT molecular complexity index is 623. The molecule has 0 aliphatic rings. The number of aromatic carboxylic acids is 1. The summed E-state index contributed by atoms with van der Waals surface area (Å²) >= 11 is 3.33. The number of nitrogens with zero attached hydrogens (tertiary/aromatic N) is 1. The second-order valence-electron chi connectivity index (χ2n) is 4.08. The summed E-state index contributed by atoms with van der Waals surface area (Å²) in [6, 6.07) is 8.81. The van der Waals surface area contributed by atoms with Crippen LogP contribution in [0, 0.1) is 13.8 Å². The van der Waals surface area contributed by atoms with Gasteiger partial charge in [0.05, 0.1) is 5.69 Å². The number of rotatable bonds is 3. The molecule has 1 aromatic heterocycles. The molecule has 98 valence electrons. The lowest BCUT2D eigenvalue weighted by molar-refractivity contribution is 0.0693. The molecule has 0 amide bonds. The maximum absolute atomic E-state index is 11.3. The average Bonchev–Trinajstić information content (AvgIpc) is 2.30. The topological polar surface area (TPSA) is 59.4 Å². The molecule has 1 N–H and O–H groups in total. The van der Waals surface area contributed by atoms with E-state index in [4.69, 9.17) is 4.74 Å². The van der Waals surface area contributed by atoms with Crippen LogP contribution in [0.15, 0.2) is 34.8 Å². The molecule has 0 bridgehead atoms. The number of aryl methyl sites for hydroxylation is 2. The molecule has 5 heteroatoms. The van der Waals surface area contributed by atoms with E-state index < -0.39 is 5.97 Å². The van der Waals surface area contributed by atoms with Crippen LogP contribution in [0.3, 0.4) is 0 Å². The summed E-state index contributed by atoms with van der Waals surface area (Å²) in [6.45, 7) is 3.46. The summed E-state index contributed by atoms with van der Waals surface area (Å²) in [5.41, 5.74) is 1.25. The van der Waals surface area contributed by atoms with Crippen LogP contribution in [-0.4, -0.2) is 16.1 Å². The quantitative estimate of drug-likeness (QED) is 0.929. The van der Waals surface area contributed by atoms with Crippen LogP contribution in [0.2, 0.25) is 0 Å². The minimum atomic E-state index is -1.04. The summed E-state index contributed by atoms with van der Waals surface area (Å²) in [5.74, 6) is -0.160. The van der Waals surface area contributed by atoms with Gasteiger partial charge in [-0.05, 0) is 38.1 Å². The van der Waals surface area contributed by atoms with Crippen molar-refractivity contribution in [3.8, 4) is 11.5 Å². The van der Waals surface area contributed by atoms with Gasteiger partial charge in [-0.3, -0.25) is 4.98 Å². The molecule has 0 unspecified atom stereocenters. The van der Waals surface area contributed by atoms with Crippen LogP contribution in [-0.2, 0) is 0 Å². The highest BCUT2D eigenvalue weighted by atomic mass is 79.9. The maximum Gasteiger partial charge on any atom is 0.341 e. The molecule has 0 aliphatic heterocycles. The number of hydrogen-bond donors (Lipinski definition) is 1. The Labute approximate surface area is 119 Å². The highest BCUT2D eigenvalue weighted by Crippen LogP contribution is 2.28. The first-order valence-corrected chi connectivity index (χ1v) is 6.41. The number of ether oxygens (including phenoxy) is 1. The van der Waals surface area contributed by atoms with Crippen molar-refractivity contribution in [3.05, 3.63) is 51.8 Å². The third-order valence-electron chi connectivity index (χ3n) is 2.55. The van der Waals surface area contributed by atoms with Crippen LogP contribution in [0.5, 0.6) is 11.5 Å². The zero-order valence-electron chi connectivity index (χ0n) is 10.5. The molecule has 0 aliphatic carbocycles. The molecule has 0 atom stereocenters. The fourth-order valence-electron chi connectivity index (χ4n) is 1.76. The molecule has 2 rings (SSSR count). The third-order valence-corrected chi connectivity index (χ3v) is 3.08. The summed E-state index contributed by atoms with van der Waals surface area (Å²) in [6.07, 6.45) is 0. The highest BCUT2D eigenvalue weighted by Gasteiger charge is 2.17. The molecule has 2 aromatic rings. The van der Waals surface area contributed by atoms with Gasteiger partial charge in [0.15, 0.2) is 0 Å². The largest absolute Gasteiger partial charge is 0.477 e. The van der Waals surface area contributed by atoms with E-state index in [0.717, 1.165) is 10.2 Å². The molecule has 0 saturated carbocycles. The van der Waals surface area contributed by atoms with E-state index in [9.17, 15) is 9.90 Å². The zero-order valence-corrected chi connectivity index (χ0v) is 12.1. The van der Waals surface area contributed by atoms with Crippen molar-refractivity contribution in [2.75, 3.05) is 0 Å². The lowest BCUT2D eigenvalue weighted by Gasteiger charge is -2.11. The predicted octanol–water partition coefficient (Wildman–Crippen LogP) is 3.95. The van der Waals surface area contributed by atoms with E-state index in [0.29, 0.717) is 17.2 Å². The Morgan fingerprint density at radius 3 is 2.47 bits per heavy atom. The number of halogens is 1. The minimum Gasteiger partial charge on any atom is -0.477 e. The fourth-order valence-corrected chi connectivity index (χ4v) is 2.03. The number of hydrogen-bond acceptors (Lipinski definition) is 3. The lowest BCUT2D eigenvalue weighted by atomic mass is 10.1. The second kappa shape index (κ2) is 5.40. The van der Waals surface area contributed by atoms with Gasteiger partial charge in [0.1, 0.15) is 17.1 Å². The van der Waals surface area contributed by atoms with Crippen molar-refractivity contribution in [1.29, 1.82) is 0 Å². The summed E-state index contributed by atoms with van der Waals surface area (Å²) in [4.78, 5) is 15.4. The van der Waals surface area contributed by atoms with Crippen molar-refractivity contribution >= 4 is 21.9 Å². The van der Waals surface area contributed by atoms with Crippen molar-refractivity contribution in [1.82, 2.24) is 4.98 Å². The fraction of sp³-hybridized carbons (Fsp3) is 0.143. The number of benzene rings is 1. The van der Waals surface area contributed by atoms with E-state index in [2.05, 4.69) is 20.9 Å². The van der Waals surface area contributed by atoms with Gasteiger partial charge in [-0.2, -0.15) is 0 Å². The van der Waals surface area contributed by atoms with Crippen LogP contribution in [0.4, 0.5) is 0 Å². The van der Waals surface area contributed by atoms with E-state index >= 15 is 0 Å². The first-order chi connectivity index (χ1) is 8.97. The van der Waals surface area contributed by atoms with Gasteiger partial charge >= 0.3 is 5.97 Å². The van der Waals surface area contributed by atoms with E-state index in [-0.39, 0.29) is 5.56 Å². The van der Waals surface area contributed by atoms with Gasteiger partial charge in [-0.25, -0.2) is 4.79 Å².